The summed E-state index contributed by atoms with van der Waals surface area (Å²) in [5, 5.41) is 12.5. The Morgan fingerprint density at radius 3 is 2.53 bits per heavy atom. The highest BCUT2D eigenvalue weighted by molar-refractivity contribution is 7.09. The molecule has 2 fully saturated rings. The molecule has 1 heterocycles. The van der Waals surface area contributed by atoms with E-state index in [2.05, 4.69) is 39.6 Å². The van der Waals surface area contributed by atoms with Gasteiger partial charge in [-0.15, -0.1) is 11.3 Å². The number of aromatic nitrogens is 1. The number of hydrogen-bond acceptors (Lipinski definition) is 4. The van der Waals surface area contributed by atoms with Crippen molar-refractivity contribution in [1.82, 2.24) is 4.98 Å². The Balaban J connectivity index is 1.61. The van der Waals surface area contributed by atoms with Crippen LogP contribution in [0.3, 0.4) is 0 Å². The van der Waals surface area contributed by atoms with Gasteiger partial charge in [0.05, 0.1) is 11.4 Å². The monoisotopic (exact) mass is 507 g/mol. The molecule has 34 heavy (non-hydrogen) atoms. The lowest BCUT2D eigenvalue weighted by molar-refractivity contribution is -0.137. The van der Waals surface area contributed by atoms with Gasteiger partial charge < -0.3 is 9.53 Å². The Morgan fingerprint density at radius 1 is 1.24 bits per heavy atom. The van der Waals surface area contributed by atoms with Crippen molar-refractivity contribution in [2.75, 3.05) is 0 Å². The second-order valence-electron chi connectivity index (χ2n) is 11.6. The standard InChI is InChI=1S/C28H49NO3SSi/c1-7-34(8-2,9-3)32-25-14-11-17-28(6)23(15-16-24(25)28)20(4)12-10-13-22(18-26(30)31)27-29-21(5)19-33-27/h19-20,22-25H,7-18H2,1-6H3,(H,30,31)/t20?,22-,23?,24+,25+,28-/m0/s1. The molecule has 3 rings (SSSR count). The maximum absolute atomic E-state index is 11.5. The third-order valence-corrected chi connectivity index (χ3v) is 15.6. The summed E-state index contributed by atoms with van der Waals surface area (Å²) < 4.78 is 7.11. The van der Waals surface area contributed by atoms with Crippen LogP contribution >= 0.6 is 11.3 Å². The van der Waals surface area contributed by atoms with Gasteiger partial charge in [0.15, 0.2) is 8.32 Å². The molecule has 194 valence electrons. The predicted molar refractivity (Wildman–Crippen MR) is 145 cm³/mol. The first-order valence-electron chi connectivity index (χ1n) is 14.0. The van der Waals surface area contributed by atoms with Crippen molar-refractivity contribution < 1.29 is 14.3 Å². The molecule has 1 aromatic rings. The maximum atomic E-state index is 11.5. The molecular weight excluding hydrogens is 458 g/mol. The number of hydrogen-bond donors (Lipinski definition) is 1. The fraction of sp³-hybridized carbons (Fsp3) is 0.857. The number of aliphatic carboxylic acids is 1. The summed E-state index contributed by atoms with van der Waals surface area (Å²) in [6.45, 7) is 14.1. The van der Waals surface area contributed by atoms with E-state index in [1.54, 1.807) is 11.3 Å². The first kappa shape index (κ1) is 27.9. The van der Waals surface area contributed by atoms with Crippen LogP contribution in [0.5, 0.6) is 0 Å². The number of aryl methyl sites for hydroxylation is 1. The van der Waals surface area contributed by atoms with Gasteiger partial charge in [-0.25, -0.2) is 4.98 Å². The number of carboxylic acids is 1. The van der Waals surface area contributed by atoms with E-state index in [1.807, 2.05) is 12.3 Å². The molecule has 2 aliphatic carbocycles. The molecular formula is C28H49NO3SSi. The van der Waals surface area contributed by atoms with Crippen LogP contribution in [0.4, 0.5) is 0 Å². The fourth-order valence-electron chi connectivity index (χ4n) is 7.53. The zero-order valence-corrected chi connectivity index (χ0v) is 24.4. The Kier molecular flexibility index (Phi) is 9.84. The second-order valence-corrected chi connectivity index (χ2v) is 17.2. The predicted octanol–water partition coefficient (Wildman–Crippen LogP) is 8.42. The number of carboxylic acid groups (broad SMARTS) is 1. The van der Waals surface area contributed by atoms with Crippen molar-refractivity contribution >= 4 is 25.6 Å². The van der Waals surface area contributed by atoms with E-state index in [1.165, 1.54) is 56.7 Å². The van der Waals surface area contributed by atoms with Crippen LogP contribution in [0.25, 0.3) is 0 Å². The molecule has 0 saturated heterocycles. The third kappa shape index (κ3) is 6.15. The molecule has 2 aliphatic rings. The lowest BCUT2D eigenvalue weighted by atomic mass is 9.61. The van der Waals surface area contributed by atoms with Gasteiger partial charge in [0.25, 0.3) is 0 Å². The molecule has 6 atom stereocenters. The summed E-state index contributed by atoms with van der Waals surface area (Å²) in [5.74, 6) is 1.52. The molecule has 2 saturated carbocycles. The topological polar surface area (TPSA) is 59.4 Å². The molecule has 2 unspecified atom stereocenters. The van der Waals surface area contributed by atoms with Gasteiger partial charge in [-0.3, -0.25) is 4.79 Å². The summed E-state index contributed by atoms with van der Waals surface area (Å²) in [4.78, 5) is 16.1. The van der Waals surface area contributed by atoms with Crippen LogP contribution < -0.4 is 0 Å². The van der Waals surface area contributed by atoms with Crippen molar-refractivity contribution in [3.8, 4) is 0 Å². The Morgan fingerprint density at radius 2 is 1.94 bits per heavy atom. The van der Waals surface area contributed by atoms with Crippen molar-refractivity contribution in [3.05, 3.63) is 16.1 Å². The van der Waals surface area contributed by atoms with Crippen LogP contribution in [0, 0.1) is 30.1 Å². The van der Waals surface area contributed by atoms with Gasteiger partial charge in [0.2, 0.25) is 0 Å². The smallest absolute Gasteiger partial charge is 0.304 e. The normalized spacial score (nSPS) is 29.1. The van der Waals surface area contributed by atoms with Crippen molar-refractivity contribution in [2.24, 2.45) is 23.2 Å². The third-order valence-electron chi connectivity index (χ3n) is 9.78. The summed E-state index contributed by atoms with van der Waals surface area (Å²) in [7, 11) is -1.58. The molecule has 0 bridgehead atoms. The van der Waals surface area contributed by atoms with Crippen LogP contribution in [0.2, 0.25) is 18.1 Å². The second kappa shape index (κ2) is 12.0. The lowest BCUT2D eigenvalue weighted by Crippen LogP contribution is -2.48. The molecule has 4 nitrogen and oxygen atoms in total. The van der Waals surface area contributed by atoms with Crippen molar-refractivity contribution in [1.29, 1.82) is 0 Å². The number of rotatable bonds is 13. The number of carbonyl (C=O) groups is 1. The van der Waals surface area contributed by atoms with Gasteiger partial charge in [-0.1, -0.05) is 53.9 Å². The summed E-state index contributed by atoms with van der Waals surface area (Å²) >= 11 is 1.62. The van der Waals surface area contributed by atoms with Crippen LogP contribution in [0.1, 0.15) is 109 Å². The van der Waals surface area contributed by atoms with E-state index >= 15 is 0 Å². The fourth-order valence-corrected chi connectivity index (χ4v) is 11.4. The van der Waals surface area contributed by atoms with E-state index in [0.29, 0.717) is 17.4 Å². The molecule has 0 radical (unpaired) electrons. The number of fused-ring (bicyclic) bond motifs is 1. The van der Waals surface area contributed by atoms with Gasteiger partial charge in [0, 0.05) is 23.1 Å². The molecule has 6 heteroatoms. The molecule has 1 N–H and O–H groups in total. The first-order valence-corrected chi connectivity index (χ1v) is 17.4. The van der Waals surface area contributed by atoms with E-state index in [9.17, 15) is 9.90 Å². The summed E-state index contributed by atoms with van der Waals surface area (Å²) in [6, 6.07) is 3.74. The van der Waals surface area contributed by atoms with Crippen molar-refractivity contribution in [2.45, 2.75) is 129 Å². The van der Waals surface area contributed by atoms with Crippen molar-refractivity contribution in [3.63, 3.8) is 0 Å². The zero-order valence-electron chi connectivity index (χ0n) is 22.6. The van der Waals surface area contributed by atoms with E-state index in [4.69, 9.17) is 4.43 Å². The first-order chi connectivity index (χ1) is 16.2. The molecule has 0 amide bonds. The molecule has 1 aromatic heterocycles. The quantitative estimate of drug-likeness (QED) is 0.272. The van der Waals surface area contributed by atoms with Crippen LogP contribution in [0.15, 0.2) is 5.38 Å². The maximum Gasteiger partial charge on any atom is 0.304 e. The van der Waals surface area contributed by atoms with Crippen LogP contribution in [-0.2, 0) is 9.22 Å². The summed E-state index contributed by atoms with van der Waals surface area (Å²) in [6.07, 6.45) is 10.5. The Bertz CT molecular complexity index is 786. The van der Waals surface area contributed by atoms with E-state index in [0.717, 1.165) is 35.4 Å². The number of thiazole rings is 1. The minimum Gasteiger partial charge on any atom is -0.481 e. The minimum atomic E-state index is -1.58. The average Bonchev–Trinajstić information content (AvgIpc) is 3.40. The van der Waals surface area contributed by atoms with Gasteiger partial charge in [0.1, 0.15) is 0 Å². The number of nitrogens with zero attached hydrogens (tertiary/aromatic N) is 1. The SMILES string of the molecule is CC[Si](CC)(CC)O[C@@H]1CCC[C@@]2(C)C(C(C)CCC[C@@H](CC(=O)O)c3nc(C)cs3)CC[C@H]12. The van der Waals surface area contributed by atoms with Gasteiger partial charge in [-0.05, 0) is 80.3 Å². The van der Waals surface area contributed by atoms with E-state index in [-0.39, 0.29) is 12.3 Å². The van der Waals surface area contributed by atoms with Crippen LogP contribution in [-0.4, -0.2) is 30.5 Å². The minimum absolute atomic E-state index is 0.0537. The Hall–Kier alpha value is -0.723. The van der Waals surface area contributed by atoms with Gasteiger partial charge in [-0.2, -0.15) is 0 Å². The average molecular weight is 508 g/mol. The Labute approximate surface area is 213 Å². The zero-order chi connectivity index (χ0) is 24.9. The van der Waals surface area contributed by atoms with Gasteiger partial charge >= 0.3 is 5.97 Å². The highest BCUT2D eigenvalue weighted by Crippen LogP contribution is 2.59. The largest absolute Gasteiger partial charge is 0.481 e. The summed E-state index contributed by atoms with van der Waals surface area (Å²) in [5.41, 5.74) is 1.41. The van der Waals surface area contributed by atoms with E-state index < -0.39 is 14.3 Å². The highest BCUT2D eigenvalue weighted by atomic mass is 32.1. The molecule has 0 aliphatic heterocycles. The highest BCUT2D eigenvalue weighted by Gasteiger charge is 2.53. The lowest BCUT2D eigenvalue weighted by Gasteiger charge is -2.49. The molecule has 0 aromatic carbocycles. The molecule has 0 spiro atoms.